The van der Waals surface area contributed by atoms with E-state index in [2.05, 4.69) is 25.5 Å². The summed E-state index contributed by atoms with van der Waals surface area (Å²) in [6, 6.07) is 0.783. The lowest BCUT2D eigenvalue weighted by Gasteiger charge is -2.07. The fourth-order valence-corrected chi connectivity index (χ4v) is 1.96. The number of aryl methyl sites for hydroxylation is 1. The summed E-state index contributed by atoms with van der Waals surface area (Å²) in [7, 11) is 1.55. The number of tetrazole rings is 1. The zero-order chi connectivity index (χ0) is 13.3. The van der Waals surface area contributed by atoms with Gasteiger partial charge in [0.2, 0.25) is 10.4 Å². The zero-order valence-electron chi connectivity index (χ0n) is 8.68. The number of rotatable bonds is 2. The van der Waals surface area contributed by atoms with Crippen LogP contribution in [0.3, 0.4) is 0 Å². The Morgan fingerprint density at radius 3 is 2.61 bits per heavy atom. The van der Waals surface area contributed by atoms with E-state index in [1.165, 1.54) is 4.68 Å². The Morgan fingerprint density at radius 2 is 2.06 bits per heavy atom. The van der Waals surface area contributed by atoms with Gasteiger partial charge in [-0.25, -0.2) is 14.6 Å². The molecule has 0 aliphatic carbocycles. The molecule has 18 heavy (non-hydrogen) atoms. The highest BCUT2D eigenvalue weighted by atomic mass is 35.5. The van der Waals surface area contributed by atoms with E-state index in [4.69, 9.17) is 11.6 Å². The standard InChI is InChI=1S/C7H4ClF3N6S/c1-17-6(14-15-16-17)18-4-2-3(7(9,10)11)12-5(8)13-4/h2H,1H3. The first-order valence-corrected chi connectivity index (χ1v) is 5.57. The van der Waals surface area contributed by atoms with Crippen molar-refractivity contribution in [1.82, 2.24) is 30.2 Å². The molecule has 0 atom stereocenters. The molecule has 0 radical (unpaired) electrons. The molecule has 6 nitrogen and oxygen atoms in total. The summed E-state index contributed by atoms with van der Waals surface area (Å²) in [5.74, 6) is 0. The fourth-order valence-electron chi connectivity index (χ4n) is 0.996. The Kier molecular flexibility index (Phi) is 3.39. The van der Waals surface area contributed by atoms with E-state index < -0.39 is 17.2 Å². The highest BCUT2D eigenvalue weighted by Gasteiger charge is 2.33. The van der Waals surface area contributed by atoms with Crippen LogP contribution >= 0.6 is 23.4 Å². The summed E-state index contributed by atoms with van der Waals surface area (Å²) in [5, 5.41) is 10.3. The molecule has 0 aliphatic rings. The van der Waals surface area contributed by atoms with Gasteiger partial charge < -0.3 is 0 Å². The average molecular weight is 297 g/mol. The molecule has 11 heteroatoms. The minimum atomic E-state index is -4.58. The van der Waals surface area contributed by atoms with Crippen molar-refractivity contribution in [3.8, 4) is 0 Å². The molecule has 2 rings (SSSR count). The van der Waals surface area contributed by atoms with E-state index in [0.717, 1.165) is 17.8 Å². The third kappa shape index (κ3) is 2.88. The van der Waals surface area contributed by atoms with Crippen LogP contribution in [0.15, 0.2) is 16.2 Å². The quantitative estimate of drug-likeness (QED) is 0.622. The molecule has 0 spiro atoms. The molecule has 0 aliphatic heterocycles. The van der Waals surface area contributed by atoms with Crippen molar-refractivity contribution >= 4 is 23.4 Å². The largest absolute Gasteiger partial charge is 0.433 e. The predicted octanol–water partition coefficient (Wildman–Crippen LogP) is 1.82. The molecular formula is C7H4ClF3N6S. The summed E-state index contributed by atoms with van der Waals surface area (Å²) in [6.45, 7) is 0. The molecule has 2 aromatic rings. The van der Waals surface area contributed by atoms with Crippen LogP contribution in [0.4, 0.5) is 13.2 Å². The van der Waals surface area contributed by atoms with Crippen LogP contribution in [0, 0.1) is 0 Å². The molecule has 0 saturated carbocycles. The van der Waals surface area contributed by atoms with Crippen molar-refractivity contribution in [2.75, 3.05) is 0 Å². The van der Waals surface area contributed by atoms with Gasteiger partial charge in [-0.1, -0.05) is 0 Å². The number of hydrogen-bond donors (Lipinski definition) is 0. The molecule has 0 bridgehead atoms. The molecule has 0 fully saturated rings. The van der Waals surface area contributed by atoms with Crippen molar-refractivity contribution in [2.45, 2.75) is 16.4 Å². The van der Waals surface area contributed by atoms with Crippen LogP contribution in [0.1, 0.15) is 5.69 Å². The lowest BCUT2D eigenvalue weighted by Crippen LogP contribution is -2.09. The van der Waals surface area contributed by atoms with Gasteiger partial charge in [-0.2, -0.15) is 13.2 Å². The number of aromatic nitrogens is 6. The third-order valence-electron chi connectivity index (χ3n) is 1.74. The maximum absolute atomic E-state index is 12.5. The topological polar surface area (TPSA) is 69.4 Å². The van der Waals surface area contributed by atoms with E-state index in [-0.39, 0.29) is 10.2 Å². The van der Waals surface area contributed by atoms with Gasteiger partial charge in [-0.15, -0.1) is 5.10 Å². The Balaban J connectivity index is 2.35. The Hall–Kier alpha value is -1.42. The van der Waals surface area contributed by atoms with Crippen LogP contribution in [0.25, 0.3) is 0 Å². The molecule has 0 unspecified atom stereocenters. The molecule has 0 N–H and O–H groups in total. The number of halogens is 4. The molecule has 2 heterocycles. The average Bonchev–Trinajstić information content (AvgIpc) is 2.62. The first-order valence-electron chi connectivity index (χ1n) is 4.38. The predicted molar refractivity (Wildman–Crippen MR) is 55.0 cm³/mol. The van der Waals surface area contributed by atoms with E-state index in [1.807, 2.05) is 0 Å². The van der Waals surface area contributed by atoms with Gasteiger partial charge in [0.05, 0.1) is 0 Å². The van der Waals surface area contributed by atoms with Crippen LogP contribution in [-0.2, 0) is 13.2 Å². The molecule has 0 aromatic carbocycles. The zero-order valence-corrected chi connectivity index (χ0v) is 10.3. The van der Waals surface area contributed by atoms with Gasteiger partial charge in [0.1, 0.15) is 5.03 Å². The summed E-state index contributed by atoms with van der Waals surface area (Å²) >= 11 is 6.30. The van der Waals surface area contributed by atoms with Crippen LogP contribution in [0.5, 0.6) is 0 Å². The molecule has 2 aromatic heterocycles. The molecule has 96 valence electrons. The van der Waals surface area contributed by atoms with E-state index in [9.17, 15) is 13.2 Å². The van der Waals surface area contributed by atoms with Crippen LogP contribution in [0.2, 0.25) is 5.28 Å². The summed E-state index contributed by atoms with van der Waals surface area (Å²) in [6.07, 6.45) is -4.58. The van der Waals surface area contributed by atoms with Gasteiger partial charge in [0.15, 0.2) is 5.69 Å². The first kappa shape index (κ1) is 13.0. The fraction of sp³-hybridized carbons (Fsp3) is 0.286. The van der Waals surface area contributed by atoms with Crippen molar-refractivity contribution in [2.24, 2.45) is 7.05 Å². The smallest absolute Gasteiger partial charge is 0.223 e. The molecule has 0 amide bonds. The number of hydrogen-bond acceptors (Lipinski definition) is 6. The van der Waals surface area contributed by atoms with Gasteiger partial charge in [0, 0.05) is 13.1 Å². The summed E-state index contributed by atoms with van der Waals surface area (Å²) in [5.41, 5.74) is -1.11. The van der Waals surface area contributed by atoms with E-state index in [1.54, 1.807) is 7.05 Å². The Bertz CT molecular complexity index is 571. The maximum atomic E-state index is 12.5. The van der Waals surface area contributed by atoms with Gasteiger partial charge in [-0.3, -0.25) is 0 Å². The number of alkyl halides is 3. The van der Waals surface area contributed by atoms with Gasteiger partial charge in [0.25, 0.3) is 0 Å². The second kappa shape index (κ2) is 4.69. The van der Waals surface area contributed by atoms with Gasteiger partial charge >= 0.3 is 6.18 Å². The highest BCUT2D eigenvalue weighted by molar-refractivity contribution is 7.99. The summed E-state index contributed by atoms with van der Waals surface area (Å²) in [4.78, 5) is 6.79. The third-order valence-corrected chi connectivity index (χ3v) is 2.86. The normalized spacial score (nSPS) is 11.8. The van der Waals surface area contributed by atoms with Crippen molar-refractivity contribution < 1.29 is 13.2 Å². The van der Waals surface area contributed by atoms with Crippen molar-refractivity contribution in [1.29, 1.82) is 0 Å². The lowest BCUT2D eigenvalue weighted by molar-refractivity contribution is -0.141. The Morgan fingerprint density at radius 1 is 1.33 bits per heavy atom. The minimum absolute atomic E-state index is 0.0141. The maximum Gasteiger partial charge on any atom is 0.433 e. The summed E-state index contributed by atoms with van der Waals surface area (Å²) < 4.78 is 38.8. The lowest BCUT2D eigenvalue weighted by atomic mass is 10.4. The molecular weight excluding hydrogens is 293 g/mol. The minimum Gasteiger partial charge on any atom is -0.223 e. The van der Waals surface area contributed by atoms with Crippen molar-refractivity contribution in [3.05, 3.63) is 17.0 Å². The second-order valence-electron chi connectivity index (χ2n) is 3.05. The van der Waals surface area contributed by atoms with E-state index in [0.29, 0.717) is 0 Å². The highest BCUT2D eigenvalue weighted by Crippen LogP contribution is 2.32. The monoisotopic (exact) mass is 296 g/mol. The van der Waals surface area contributed by atoms with Crippen LogP contribution in [-0.4, -0.2) is 30.2 Å². The second-order valence-corrected chi connectivity index (χ2v) is 4.37. The van der Waals surface area contributed by atoms with E-state index >= 15 is 0 Å². The molecule has 0 saturated heterocycles. The Labute approximate surface area is 108 Å². The first-order chi connectivity index (χ1) is 8.36. The number of nitrogens with zero attached hydrogens (tertiary/aromatic N) is 6. The SMILES string of the molecule is Cn1nnnc1Sc1cc(C(F)(F)F)nc(Cl)n1. The van der Waals surface area contributed by atoms with Crippen LogP contribution < -0.4 is 0 Å². The van der Waals surface area contributed by atoms with Crippen molar-refractivity contribution in [3.63, 3.8) is 0 Å². The van der Waals surface area contributed by atoms with Gasteiger partial charge in [-0.05, 0) is 33.8 Å².